The first-order chi connectivity index (χ1) is 8.56. The first-order valence-corrected chi connectivity index (χ1v) is 6.08. The molecule has 0 aliphatic carbocycles. The van der Waals surface area contributed by atoms with Gasteiger partial charge in [0.05, 0.1) is 5.69 Å². The Morgan fingerprint density at radius 3 is 2.61 bits per heavy atom. The Hall–Kier alpha value is -1.94. The molecule has 0 aliphatic heterocycles. The number of benzene rings is 1. The Balaban J connectivity index is 2.25. The van der Waals surface area contributed by atoms with Gasteiger partial charge in [-0.25, -0.2) is 4.98 Å². The summed E-state index contributed by atoms with van der Waals surface area (Å²) in [7, 11) is 0. The van der Waals surface area contributed by atoms with E-state index in [9.17, 15) is 0 Å². The SMILES string of the molecule is Cc1ccc(Nc2cccc(C(N)=S)n2)cc1C. The first-order valence-electron chi connectivity index (χ1n) is 5.67. The summed E-state index contributed by atoms with van der Waals surface area (Å²) in [5, 5.41) is 3.24. The van der Waals surface area contributed by atoms with E-state index in [2.05, 4.69) is 36.3 Å². The van der Waals surface area contributed by atoms with Crippen molar-refractivity contribution in [2.24, 2.45) is 5.73 Å². The third-order valence-corrected chi connectivity index (χ3v) is 2.99. The lowest BCUT2D eigenvalue weighted by atomic mass is 10.1. The molecule has 18 heavy (non-hydrogen) atoms. The molecular formula is C14H15N3S. The van der Waals surface area contributed by atoms with Crippen LogP contribution in [0, 0.1) is 13.8 Å². The van der Waals surface area contributed by atoms with Crippen LogP contribution in [0.15, 0.2) is 36.4 Å². The van der Waals surface area contributed by atoms with Gasteiger partial charge in [0.1, 0.15) is 10.8 Å². The van der Waals surface area contributed by atoms with Gasteiger partial charge < -0.3 is 11.1 Å². The molecule has 1 aromatic heterocycles. The van der Waals surface area contributed by atoms with Gasteiger partial charge in [-0.2, -0.15) is 0 Å². The fraction of sp³-hybridized carbons (Fsp3) is 0.143. The maximum Gasteiger partial charge on any atom is 0.131 e. The summed E-state index contributed by atoms with van der Waals surface area (Å²) in [5.41, 5.74) is 9.70. The predicted octanol–water partition coefficient (Wildman–Crippen LogP) is 3.08. The Bertz CT molecular complexity index is 593. The molecule has 0 fully saturated rings. The minimum Gasteiger partial charge on any atom is -0.388 e. The van der Waals surface area contributed by atoms with E-state index in [1.54, 1.807) is 6.07 Å². The fourth-order valence-electron chi connectivity index (χ4n) is 1.61. The third kappa shape index (κ3) is 2.84. The molecule has 0 unspecified atom stereocenters. The summed E-state index contributed by atoms with van der Waals surface area (Å²) in [5.74, 6) is 0.739. The second-order valence-corrected chi connectivity index (χ2v) is 4.64. The van der Waals surface area contributed by atoms with Crippen LogP contribution < -0.4 is 11.1 Å². The summed E-state index contributed by atoms with van der Waals surface area (Å²) in [6.07, 6.45) is 0. The van der Waals surface area contributed by atoms with Gasteiger partial charge in [0.15, 0.2) is 0 Å². The largest absolute Gasteiger partial charge is 0.388 e. The van der Waals surface area contributed by atoms with Crippen molar-refractivity contribution in [3.8, 4) is 0 Å². The number of pyridine rings is 1. The Morgan fingerprint density at radius 2 is 1.94 bits per heavy atom. The highest BCUT2D eigenvalue weighted by Gasteiger charge is 2.01. The smallest absolute Gasteiger partial charge is 0.131 e. The van der Waals surface area contributed by atoms with E-state index in [0.717, 1.165) is 11.5 Å². The number of thiocarbonyl (C=S) groups is 1. The average molecular weight is 257 g/mol. The van der Waals surface area contributed by atoms with Crippen molar-refractivity contribution < 1.29 is 0 Å². The summed E-state index contributed by atoms with van der Waals surface area (Å²) in [4.78, 5) is 4.65. The van der Waals surface area contributed by atoms with Gasteiger partial charge in [-0.1, -0.05) is 24.4 Å². The molecule has 3 N–H and O–H groups in total. The molecule has 0 radical (unpaired) electrons. The zero-order chi connectivity index (χ0) is 13.1. The standard InChI is InChI=1S/C14H15N3S/c1-9-6-7-11(8-10(9)2)16-13-5-3-4-12(17-13)14(15)18/h3-8H,1-2H3,(H2,15,18)(H,16,17). The van der Waals surface area contributed by atoms with Crippen LogP contribution in [0.5, 0.6) is 0 Å². The van der Waals surface area contributed by atoms with Crippen LogP contribution >= 0.6 is 12.2 Å². The summed E-state index contributed by atoms with van der Waals surface area (Å²) >= 11 is 4.91. The molecule has 2 rings (SSSR count). The van der Waals surface area contributed by atoms with E-state index in [0.29, 0.717) is 10.7 Å². The minimum absolute atomic E-state index is 0.304. The second-order valence-electron chi connectivity index (χ2n) is 4.20. The van der Waals surface area contributed by atoms with Gasteiger partial charge in [-0.05, 0) is 49.2 Å². The molecule has 3 nitrogen and oxygen atoms in total. The molecule has 0 amide bonds. The van der Waals surface area contributed by atoms with Gasteiger partial charge in [0.25, 0.3) is 0 Å². The summed E-state index contributed by atoms with van der Waals surface area (Å²) in [6.45, 7) is 4.17. The maximum absolute atomic E-state index is 5.56. The molecule has 2 aromatic rings. The van der Waals surface area contributed by atoms with Gasteiger partial charge in [0, 0.05) is 5.69 Å². The molecule has 0 bridgehead atoms. The lowest BCUT2D eigenvalue weighted by molar-refractivity contribution is 1.27. The van der Waals surface area contributed by atoms with Crippen molar-refractivity contribution in [2.45, 2.75) is 13.8 Å². The third-order valence-electron chi connectivity index (χ3n) is 2.78. The molecular weight excluding hydrogens is 242 g/mol. The van der Waals surface area contributed by atoms with Gasteiger partial charge >= 0.3 is 0 Å². The van der Waals surface area contributed by atoms with Crippen molar-refractivity contribution in [1.82, 2.24) is 4.98 Å². The molecule has 0 spiro atoms. The van der Waals surface area contributed by atoms with Gasteiger partial charge in [0.2, 0.25) is 0 Å². The van der Waals surface area contributed by atoms with Crippen molar-refractivity contribution >= 4 is 28.7 Å². The van der Waals surface area contributed by atoms with Crippen LogP contribution in [0.25, 0.3) is 0 Å². The highest BCUT2D eigenvalue weighted by atomic mass is 32.1. The number of nitrogens with one attached hydrogen (secondary N) is 1. The molecule has 1 heterocycles. The number of hydrogen-bond donors (Lipinski definition) is 2. The molecule has 0 atom stereocenters. The van der Waals surface area contributed by atoms with Crippen LogP contribution in [0.1, 0.15) is 16.8 Å². The Kier molecular flexibility index (Phi) is 3.58. The lowest BCUT2D eigenvalue weighted by Crippen LogP contribution is -2.12. The van der Waals surface area contributed by atoms with E-state index in [-0.39, 0.29) is 0 Å². The number of hydrogen-bond acceptors (Lipinski definition) is 3. The quantitative estimate of drug-likeness (QED) is 0.830. The zero-order valence-electron chi connectivity index (χ0n) is 10.4. The normalized spacial score (nSPS) is 10.1. The number of anilines is 2. The topological polar surface area (TPSA) is 50.9 Å². The van der Waals surface area contributed by atoms with E-state index in [4.69, 9.17) is 18.0 Å². The second kappa shape index (κ2) is 5.14. The predicted molar refractivity (Wildman–Crippen MR) is 79.3 cm³/mol. The first kappa shape index (κ1) is 12.5. The number of nitrogens with zero attached hydrogens (tertiary/aromatic N) is 1. The van der Waals surface area contributed by atoms with Gasteiger partial charge in [-0.3, -0.25) is 0 Å². The monoisotopic (exact) mass is 257 g/mol. The summed E-state index contributed by atoms with van der Waals surface area (Å²) in [6, 6.07) is 11.8. The van der Waals surface area contributed by atoms with Crippen LogP contribution in [-0.4, -0.2) is 9.97 Å². The van der Waals surface area contributed by atoms with Crippen molar-refractivity contribution in [2.75, 3.05) is 5.32 Å². The highest BCUT2D eigenvalue weighted by molar-refractivity contribution is 7.80. The van der Waals surface area contributed by atoms with Crippen molar-refractivity contribution in [1.29, 1.82) is 0 Å². The molecule has 0 aliphatic rings. The minimum atomic E-state index is 0.304. The molecule has 0 saturated heterocycles. The fourth-order valence-corrected chi connectivity index (χ4v) is 1.72. The number of aryl methyl sites for hydroxylation is 2. The lowest BCUT2D eigenvalue weighted by Gasteiger charge is -2.09. The van der Waals surface area contributed by atoms with Gasteiger partial charge in [-0.15, -0.1) is 0 Å². The van der Waals surface area contributed by atoms with E-state index in [1.165, 1.54) is 11.1 Å². The molecule has 1 aromatic carbocycles. The molecule has 4 heteroatoms. The van der Waals surface area contributed by atoms with E-state index in [1.807, 2.05) is 18.2 Å². The molecule has 92 valence electrons. The zero-order valence-corrected chi connectivity index (χ0v) is 11.2. The number of nitrogens with two attached hydrogens (primary N) is 1. The number of aromatic nitrogens is 1. The van der Waals surface area contributed by atoms with Crippen LogP contribution in [0.2, 0.25) is 0 Å². The maximum atomic E-state index is 5.56. The summed E-state index contributed by atoms with van der Waals surface area (Å²) < 4.78 is 0. The van der Waals surface area contributed by atoms with Crippen molar-refractivity contribution in [3.05, 3.63) is 53.2 Å². The van der Waals surface area contributed by atoms with E-state index < -0.39 is 0 Å². The highest BCUT2D eigenvalue weighted by Crippen LogP contribution is 2.18. The Morgan fingerprint density at radius 1 is 1.17 bits per heavy atom. The van der Waals surface area contributed by atoms with Crippen molar-refractivity contribution in [3.63, 3.8) is 0 Å². The number of rotatable bonds is 3. The average Bonchev–Trinajstić information content (AvgIpc) is 2.34. The van der Waals surface area contributed by atoms with Crippen LogP contribution in [0.3, 0.4) is 0 Å². The van der Waals surface area contributed by atoms with Crippen LogP contribution in [0.4, 0.5) is 11.5 Å². The van der Waals surface area contributed by atoms with E-state index >= 15 is 0 Å². The van der Waals surface area contributed by atoms with Crippen LogP contribution in [-0.2, 0) is 0 Å². The molecule has 0 saturated carbocycles. The Labute approximate surface area is 112 Å².